The van der Waals surface area contributed by atoms with Crippen LogP contribution in [0.5, 0.6) is 0 Å². The summed E-state index contributed by atoms with van der Waals surface area (Å²) in [6.07, 6.45) is 0. The molecule has 4 rings (SSSR count). The number of aryl methyl sites for hydroxylation is 3. The summed E-state index contributed by atoms with van der Waals surface area (Å²) in [4.78, 5) is 18.0. The smallest absolute Gasteiger partial charge is 0.256 e. The fourth-order valence-electron chi connectivity index (χ4n) is 3.56. The fraction of sp³-hybridized carbons (Fsp3) is 0.120. The number of nitrogens with one attached hydrogen (secondary N) is 1. The molecule has 1 aromatic heterocycles. The molecular formula is C25H21FN2O. The third-order valence-electron chi connectivity index (χ3n) is 4.91. The van der Waals surface area contributed by atoms with Crippen LogP contribution in [0.15, 0.2) is 66.7 Å². The van der Waals surface area contributed by atoms with E-state index in [1.807, 2.05) is 57.2 Å². The molecule has 0 fully saturated rings. The average Bonchev–Trinajstić information content (AvgIpc) is 2.68. The molecule has 3 nitrogen and oxygen atoms in total. The van der Waals surface area contributed by atoms with Crippen molar-refractivity contribution in [2.24, 2.45) is 0 Å². The van der Waals surface area contributed by atoms with Gasteiger partial charge in [-0.3, -0.25) is 4.79 Å². The molecule has 4 heteroatoms. The first-order valence-corrected chi connectivity index (χ1v) is 9.47. The normalized spacial score (nSPS) is 10.9. The Morgan fingerprint density at radius 1 is 0.897 bits per heavy atom. The van der Waals surface area contributed by atoms with E-state index in [1.165, 1.54) is 12.1 Å². The number of benzene rings is 3. The molecule has 29 heavy (non-hydrogen) atoms. The molecule has 0 saturated heterocycles. The van der Waals surface area contributed by atoms with Gasteiger partial charge in [0.1, 0.15) is 5.82 Å². The van der Waals surface area contributed by atoms with E-state index in [4.69, 9.17) is 4.98 Å². The summed E-state index contributed by atoms with van der Waals surface area (Å²) >= 11 is 0. The first-order valence-electron chi connectivity index (χ1n) is 9.47. The van der Waals surface area contributed by atoms with Crippen molar-refractivity contribution < 1.29 is 9.18 Å². The highest BCUT2D eigenvalue weighted by molar-refractivity contribution is 6.13. The van der Waals surface area contributed by atoms with Gasteiger partial charge in [0.2, 0.25) is 0 Å². The highest BCUT2D eigenvalue weighted by atomic mass is 19.1. The van der Waals surface area contributed by atoms with Crippen LogP contribution < -0.4 is 5.32 Å². The lowest BCUT2D eigenvalue weighted by molar-refractivity contribution is 0.102. The lowest BCUT2D eigenvalue weighted by Crippen LogP contribution is -2.13. The Bertz CT molecular complexity index is 1230. The topological polar surface area (TPSA) is 42.0 Å². The number of fused-ring (bicyclic) bond motifs is 1. The number of halogens is 1. The second-order valence-electron chi connectivity index (χ2n) is 7.36. The third-order valence-corrected chi connectivity index (χ3v) is 4.91. The maximum atomic E-state index is 13.4. The minimum Gasteiger partial charge on any atom is -0.322 e. The molecule has 0 aliphatic rings. The Kier molecular flexibility index (Phi) is 4.85. The SMILES string of the molecule is Cc1cccc(NC(=O)c2cc(-c3ccc(F)cc3)nc3c(C)cc(C)cc23)c1. The van der Waals surface area contributed by atoms with Gasteiger partial charge in [-0.1, -0.05) is 23.8 Å². The van der Waals surface area contributed by atoms with Gasteiger partial charge in [-0.25, -0.2) is 9.37 Å². The summed E-state index contributed by atoms with van der Waals surface area (Å²) in [7, 11) is 0. The number of amides is 1. The lowest BCUT2D eigenvalue weighted by Gasteiger charge is -2.13. The lowest BCUT2D eigenvalue weighted by atomic mass is 9.99. The largest absolute Gasteiger partial charge is 0.322 e. The molecule has 144 valence electrons. The van der Waals surface area contributed by atoms with Crippen LogP contribution in [0.4, 0.5) is 10.1 Å². The molecule has 3 aromatic carbocycles. The van der Waals surface area contributed by atoms with E-state index in [0.717, 1.165) is 38.8 Å². The summed E-state index contributed by atoms with van der Waals surface area (Å²) in [6, 6.07) is 19.6. The van der Waals surface area contributed by atoms with Gasteiger partial charge in [0.15, 0.2) is 0 Å². The minimum absolute atomic E-state index is 0.198. The number of carbonyl (C=O) groups is 1. The second-order valence-corrected chi connectivity index (χ2v) is 7.36. The van der Waals surface area contributed by atoms with Crippen LogP contribution in [0.3, 0.4) is 0 Å². The summed E-state index contributed by atoms with van der Waals surface area (Å²) in [5.41, 5.74) is 6.59. The summed E-state index contributed by atoms with van der Waals surface area (Å²) in [5, 5.41) is 3.80. The van der Waals surface area contributed by atoms with Gasteiger partial charge < -0.3 is 5.32 Å². The van der Waals surface area contributed by atoms with Crippen LogP contribution in [0.25, 0.3) is 22.2 Å². The number of carbonyl (C=O) groups excluding carboxylic acids is 1. The molecule has 1 N–H and O–H groups in total. The first-order chi connectivity index (χ1) is 13.9. The van der Waals surface area contributed by atoms with Gasteiger partial charge in [-0.05, 0) is 80.4 Å². The standard InChI is InChI=1S/C25H21FN2O/c1-15-5-4-6-20(12-15)27-25(29)22-14-23(18-7-9-19(26)10-8-18)28-24-17(3)11-16(2)13-21(22)24/h4-14H,1-3H3,(H,27,29). The number of aromatic nitrogens is 1. The minimum atomic E-state index is -0.307. The maximum Gasteiger partial charge on any atom is 0.256 e. The van der Waals surface area contributed by atoms with Crippen LogP contribution in [0.1, 0.15) is 27.0 Å². The van der Waals surface area contributed by atoms with Gasteiger partial charge >= 0.3 is 0 Å². The van der Waals surface area contributed by atoms with E-state index in [2.05, 4.69) is 5.32 Å². The summed E-state index contributed by atoms with van der Waals surface area (Å²) < 4.78 is 13.4. The number of rotatable bonds is 3. The van der Waals surface area contributed by atoms with Gasteiger partial charge in [-0.15, -0.1) is 0 Å². The zero-order chi connectivity index (χ0) is 20.5. The maximum absolute atomic E-state index is 13.4. The van der Waals surface area contributed by atoms with E-state index in [1.54, 1.807) is 18.2 Å². The van der Waals surface area contributed by atoms with Crippen molar-refractivity contribution >= 4 is 22.5 Å². The Balaban J connectivity index is 1.88. The second kappa shape index (κ2) is 7.47. The molecule has 0 unspecified atom stereocenters. The Labute approximate surface area is 169 Å². The van der Waals surface area contributed by atoms with E-state index in [9.17, 15) is 9.18 Å². The molecule has 0 atom stereocenters. The van der Waals surface area contributed by atoms with Crippen molar-refractivity contribution in [3.63, 3.8) is 0 Å². The highest BCUT2D eigenvalue weighted by Gasteiger charge is 2.16. The van der Waals surface area contributed by atoms with Crippen molar-refractivity contribution in [1.29, 1.82) is 0 Å². The van der Waals surface area contributed by atoms with Gasteiger partial charge in [0, 0.05) is 16.6 Å². The number of hydrogen-bond donors (Lipinski definition) is 1. The van der Waals surface area contributed by atoms with E-state index >= 15 is 0 Å². The van der Waals surface area contributed by atoms with Gasteiger partial charge in [0.05, 0.1) is 16.8 Å². The predicted octanol–water partition coefficient (Wildman–Crippen LogP) is 6.22. The Morgan fingerprint density at radius 3 is 2.38 bits per heavy atom. The molecular weight excluding hydrogens is 363 g/mol. The molecule has 0 aliphatic carbocycles. The highest BCUT2D eigenvalue weighted by Crippen LogP contribution is 2.29. The number of pyridine rings is 1. The quantitative estimate of drug-likeness (QED) is 0.456. The molecule has 0 bridgehead atoms. The Morgan fingerprint density at radius 2 is 1.66 bits per heavy atom. The van der Waals surface area contributed by atoms with Crippen molar-refractivity contribution in [3.05, 3.63) is 94.8 Å². The van der Waals surface area contributed by atoms with Crippen LogP contribution in [0.2, 0.25) is 0 Å². The Hall–Kier alpha value is -3.53. The van der Waals surface area contributed by atoms with Crippen molar-refractivity contribution in [1.82, 2.24) is 4.98 Å². The molecule has 0 spiro atoms. The van der Waals surface area contributed by atoms with Crippen molar-refractivity contribution in [2.75, 3.05) is 5.32 Å². The predicted molar refractivity (Wildman–Crippen MR) is 116 cm³/mol. The third kappa shape index (κ3) is 3.87. The van der Waals surface area contributed by atoms with Gasteiger partial charge in [0.25, 0.3) is 5.91 Å². The molecule has 0 radical (unpaired) electrons. The summed E-state index contributed by atoms with van der Waals surface area (Å²) in [5.74, 6) is -0.505. The average molecular weight is 384 g/mol. The molecule has 4 aromatic rings. The van der Waals surface area contributed by atoms with Crippen LogP contribution in [-0.4, -0.2) is 10.9 Å². The van der Waals surface area contributed by atoms with Crippen molar-refractivity contribution in [2.45, 2.75) is 20.8 Å². The molecule has 1 amide bonds. The molecule has 0 saturated carbocycles. The number of anilines is 1. The van der Waals surface area contributed by atoms with Gasteiger partial charge in [-0.2, -0.15) is 0 Å². The van der Waals surface area contributed by atoms with E-state index in [-0.39, 0.29) is 11.7 Å². The van der Waals surface area contributed by atoms with E-state index < -0.39 is 0 Å². The zero-order valence-electron chi connectivity index (χ0n) is 16.6. The van der Waals surface area contributed by atoms with E-state index in [0.29, 0.717) is 11.3 Å². The summed E-state index contributed by atoms with van der Waals surface area (Å²) in [6.45, 7) is 5.97. The number of nitrogens with zero attached hydrogens (tertiary/aromatic N) is 1. The van der Waals surface area contributed by atoms with Crippen LogP contribution in [-0.2, 0) is 0 Å². The molecule has 1 heterocycles. The fourth-order valence-corrected chi connectivity index (χ4v) is 3.56. The first kappa shape index (κ1) is 18.8. The monoisotopic (exact) mass is 384 g/mol. The van der Waals surface area contributed by atoms with Crippen LogP contribution >= 0.6 is 0 Å². The number of hydrogen-bond acceptors (Lipinski definition) is 2. The van der Waals surface area contributed by atoms with Crippen molar-refractivity contribution in [3.8, 4) is 11.3 Å². The van der Waals surface area contributed by atoms with Crippen LogP contribution in [0, 0.1) is 26.6 Å². The zero-order valence-corrected chi connectivity index (χ0v) is 16.6. The molecule has 0 aliphatic heterocycles.